The van der Waals surface area contributed by atoms with Crippen LogP contribution in [0.2, 0.25) is 0 Å². The van der Waals surface area contributed by atoms with Crippen LogP contribution < -0.4 is 0 Å². The highest BCUT2D eigenvalue weighted by atomic mass is 14.0. The van der Waals surface area contributed by atoms with E-state index in [2.05, 4.69) is 33.8 Å². The van der Waals surface area contributed by atoms with Crippen LogP contribution in [0.25, 0.3) is 0 Å². The molecule has 0 radical (unpaired) electrons. The minimum Gasteiger partial charge on any atom is -0.0854 e. The van der Waals surface area contributed by atoms with Crippen LogP contribution in [0.4, 0.5) is 0 Å². The van der Waals surface area contributed by atoms with Crippen molar-refractivity contribution < 1.29 is 0 Å². The van der Waals surface area contributed by atoms with E-state index in [0.717, 1.165) is 5.92 Å². The molecule has 0 bridgehead atoms. The van der Waals surface area contributed by atoms with E-state index >= 15 is 0 Å². The van der Waals surface area contributed by atoms with Crippen molar-refractivity contribution in [1.29, 1.82) is 0 Å². The Morgan fingerprint density at radius 2 is 1.83 bits per heavy atom. The Morgan fingerprint density at radius 1 is 1.17 bits per heavy atom. The zero-order valence-corrected chi connectivity index (χ0v) is 9.19. The largest absolute Gasteiger partial charge is 0.0854 e. The van der Waals surface area contributed by atoms with Gasteiger partial charge < -0.3 is 0 Å². The third-order valence-electron chi connectivity index (χ3n) is 2.43. The molecule has 0 heterocycles. The molecular weight excluding hydrogens is 144 g/mol. The van der Waals surface area contributed by atoms with Crippen LogP contribution in [-0.2, 0) is 0 Å². The summed E-state index contributed by atoms with van der Waals surface area (Å²) in [6.07, 6.45) is 9.20. The van der Waals surface area contributed by atoms with Gasteiger partial charge in [-0.3, -0.25) is 0 Å². The number of hydrogen-bond donors (Lipinski definition) is 0. The first-order valence-corrected chi connectivity index (χ1v) is 5.35. The molecule has 0 aromatic heterocycles. The quantitative estimate of drug-likeness (QED) is 0.403. The maximum absolute atomic E-state index is 2.40. The molecule has 0 aliphatic heterocycles. The number of allylic oxidation sites excluding steroid dienone is 2. The second kappa shape index (κ2) is 7.39. The van der Waals surface area contributed by atoms with Crippen molar-refractivity contribution in [2.75, 3.05) is 0 Å². The molecule has 0 saturated carbocycles. The maximum atomic E-state index is 2.40. The first-order chi connectivity index (χ1) is 5.68. The fourth-order valence-electron chi connectivity index (χ4n) is 1.14. The molecule has 0 aliphatic rings. The monoisotopic (exact) mass is 168 g/mol. The van der Waals surface area contributed by atoms with Gasteiger partial charge in [0, 0.05) is 0 Å². The van der Waals surface area contributed by atoms with Gasteiger partial charge in [-0.2, -0.15) is 0 Å². The summed E-state index contributed by atoms with van der Waals surface area (Å²) >= 11 is 0. The molecule has 0 aromatic carbocycles. The highest BCUT2D eigenvalue weighted by molar-refractivity contribution is 5.00. The van der Waals surface area contributed by atoms with Gasteiger partial charge in [-0.05, 0) is 25.7 Å². The van der Waals surface area contributed by atoms with Crippen molar-refractivity contribution in [1.82, 2.24) is 0 Å². The van der Waals surface area contributed by atoms with Gasteiger partial charge in [0.1, 0.15) is 0 Å². The molecule has 0 fully saturated rings. The van der Waals surface area contributed by atoms with E-state index in [1.165, 1.54) is 32.1 Å². The Labute approximate surface area is 78.1 Å². The van der Waals surface area contributed by atoms with Gasteiger partial charge in [-0.15, -0.1) is 0 Å². The lowest BCUT2D eigenvalue weighted by Gasteiger charge is -2.04. The molecule has 0 spiro atoms. The first-order valence-electron chi connectivity index (χ1n) is 5.35. The standard InChI is InChI=1S/C12H24/c1-5-6-7-8-9-10-12(4)11(2)3/h10-11H,5-9H2,1-4H3/b12-10+. The lowest BCUT2D eigenvalue weighted by Crippen LogP contribution is -1.88. The van der Waals surface area contributed by atoms with Crippen molar-refractivity contribution in [2.45, 2.75) is 59.8 Å². The third-order valence-corrected chi connectivity index (χ3v) is 2.43. The van der Waals surface area contributed by atoms with Crippen molar-refractivity contribution in [3.05, 3.63) is 11.6 Å². The van der Waals surface area contributed by atoms with E-state index in [1.54, 1.807) is 5.57 Å². The molecule has 0 amide bonds. The molecule has 0 heteroatoms. The fourth-order valence-corrected chi connectivity index (χ4v) is 1.14. The summed E-state index contributed by atoms with van der Waals surface area (Å²) in [5, 5.41) is 0. The lowest BCUT2D eigenvalue weighted by molar-refractivity contribution is 0.667. The van der Waals surface area contributed by atoms with Crippen LogP contribution >= 0.6 is 0 Å². The second-order valence-electron chi connectivity index (χ2n) is 3.95. The van der Waals surface area contributed by atoms with Crippen LogP contribution in [0.5, 0.6) is 0 Å². The Balaban J connectivity index is 3.34. The minimum absolute atomic E-state index is 0.733. The molecule has 0 unspecified atom stereocenters. The summed E-state index contributed by atoms with van der Waals surface area (Å²) in [6, 6.07) is 0. The van der Waals surface area contributed by atoms with Gasteiger partial charge in [0.05, 0.1) is 0 Å². The van der Waals surface area contributed by atoms with Gasteiger partial charge in [0.25, 0.3) is 0 Å². The van der Waals surface area contributed by atoms with Crippen molar-refractivity contribution in [3.63, 3.8) is 0 Å². The van der Waals surface area contributed by atoms with Crippen LogP contribution in [0.15, 0.2) is 11.6 Å². The highest BCUT2D eigenvalue weighted by Crippen LogP contribution is 2.11. The van der Waals surface area contributed by atoms with Gasteiger partial charge in [-0.1, -0.05) is 51.7 Å². The second-order valence-corrected chi connectivity index (χ2v) is 3.95. The zero-order valence-electron chi connectivity index (χ0n) is 9.19. The summed E-state index contributed by atoms with van der Waals surface area (Å²) < 4.78 is 0. The van der Waals surface area contributed by atoms with Gasteiger partial charge in [0.15, 0.2) is 0 Å². The predicted molar refractivity (Wildman–Crippen MR) is 57.4 cm³/mol. The van der Waals surface area contributed by atoms with Gasteiger partial charge in [-0.25, -0.2) is 0 Å². The molecule has 0 nitrogen and oxygen atoms in total. The lowest BCUT2D eigenvalue weighted by atomic mass is 10.0. The summed E-state index contributed by atoms with van der Waals surface area (Å²) in [5.41, 5.74) is 1.55. The van der Waals surface area contributed by atoms with E-state index in [0.29, 0.717) is 0 Å². The van der Waals surface area contributed by atoms with Crippen LogP contribution in [0.1, 0.15) is 59.8 Å². The molecular formula is C12H24. The Bertz CT molecular complexity index is 120. The molecule has 0 atom stereocenters. The first kappa shape index (κ1) is 11.7. The number of unbranched alkanes of at least 4 members (excludes halogenated alkanes) is 4. The maximum Gasteiger partial charge on any atom is -0.0263 e. The average Bonchev–Trinajstić information content (AvgIpc) is 2.03. The molecule has 0 saturated heterocycles. The smallest absolute Gasteiger partial charge is 0.0263 e. The van der Waals surface area contributed by atoms with Crippen molar-refractivity contribution >= 4 is 0 Å². The summed E-state index contributed by atoms with van der Waals surface area (Å²) in [5.74, 6) is 0.733. The molecule has 0 aromatic rings. The Morgan fingerprint density at radius 3 is 2.33 bits per heavy atom. The van der Waals surface area contributed by atoms with Crippen molar-refractivity contribution in [3.8, 4) is 0 Å². The Kier molecular flexibility index (Phi) is 7.23. The SMILES string of the molecule is CCCCCC/C=C(\C)C(C)C. The molecule has 0 N–H and O–H groups in total. The van der Waals surface area contributed by atoms with E-state index in [-0.39, 0.29) is 0 Å². The average molecular weight is 168 g/mol. The normalized spacial score (nSPS) is 12.6. The topological polar surface area (TPSA) is 0 Å². The minimum atomic E-state index is 0.733. The fraction of sp³-hybridized carbons (Fsp3) is 0.833. The van der Waals surface area contributed by atoms with Crippen LogP contribution in [0, 0.1) is 5.92 Å². The molecule has 0 rings (SSSR count). The molecule has 12 heavy (non-hydrogen) atoms. The van der Waals surface area contributed by atoms with Gasteiger partial charge in [0.2, 0.25) is 0 Å². The highest BCUT2D eigenvalue weighted by Gasteiger charge is 1.94. The van der Waals surface area contributed by atoms with Crippen LogP contribution in [0.3, 0.4) is 0 Å². The summed E-state index contributed by atoms with van der Waals surface area (Å²) in [7, 11) is 0. The number of rotatable bonds is 6. The van der Waals surface area contributed by atoms with Crippen LogP contribution in [-0.4, -0.2) is 0 Å². The van der Waals surface area contributed by atoms with Crippen molar-refractivity contribution in [2.24, 2.45) is 5.92 Å². The summed E-state index contributed by atoms with van der Waals surface area (Å²) in [6.45, 7) is 9.02. The predicted octanol–water partition coefficient (Wildman–Crippen LogP) is 4.56. The Hall–Kier alpha value is -0.260. The van der Waals surface area contributed by atoms with E-state index in [1.807, 2.05) is 0 Å². The zero-order chi connectivity index (χ0) is 9.40. The van der Waals surface area contributed by atoms with E-state index in [4.69, 9.17) is 0 Å². The summed E-state index contributed by atoms with van der Waals surface area (Å²) in [4.78, 5) is 0. The van der Waals surface area contributed by atoms with E-state index in [9.17, 15) is 0 Å². The van der Waals surface area contributed by atoms with Gasteiger partial charge >= 0.3 is 0 Å². The molecule has 0 aliphatic carbocycles. The van der Waals surface area contributed by atoms with E-state index < -0.39 is 0 Å². The number of hydrogen-bond acceptors (Lipinski definition) is 0. The third kappa shape index (κ3) is 6.45. The molecule has 72 valence electrons.